The molecule has 1 saturated heterocycles. The van der Waals surface area contributed by atoms with Crippen molar-refractivity contribution in [3.63, 3.8) is 0 Å². The molecular weight excluding hydrogens is 328 g/mol. The monoisotopic (exact) mass is 342 g/mol. The fourth-order valence-corrected chi connectivity index (χ4v) is 4.92. The normalized spacial score (nSPS) is 22.3. The predicted molar refractivity (Wildman–Crippen MR) is 89.6 cm³/mol. The van der Waals surface area contributed by atoms with Crippen LogP contribution in [0.3, 0.4) is 0 Å². The Morgan fingerprint density at radius 3 is 2.81 bits per heavy atom. The molecule has 2 heterocycles. The van der Waals surface area contributed by atoms with Crippen LogP contribution in [0, 0.1) is 0 Å². The molecule has 0 saturated carbocycles. The van der Waals surface area contributed by atoms with Crippen LogP contribution in [0.15, 0.2) is 18.2 Å². The van der Waals surface area contributed by atoms with Crippen LogP contribution in [-0.2, 0) is 10.8 Å². The summed E-state index contributed by atoms with van der Waals surface area (Å²) in [4.78, 5) is 12.9. The average molecular weight is 343 g/mol. The van der Waals surface area contributed by atoms with Crippen LogP contribution >= 0.6 is 22.9 Å². The van der Waals surface area contributed by atoms with Gasteiger partial charge in [-0.1, -0.05) is 11.6 Å². The summed E-state index contributed by atoms with van der Waals surface area (Å²) in [5.74, 6) is 1.16. The zero-order chi connectivity index (χ0) is 15.0. The van der Waals surface area contributed by atoms with E-state index in [1.807, 2.05) is 6.07 Å². The van der Waals surface area contributed by atoms with Gasteiger partial charge in [-0.2, -0.15) is 0 Å². The first-order chi connectivity index (χ1) is 10.0. The van der Waals surface area contributed by atoms with Gasteiger partial charge in [-0.15, -0.1) is 11.3 Å². The molecule has 1 fully saturated rings. The van der Waals surface area contributed by atoms with E-state index in [1.54, 1.807) is 12.1 Å². The first-order valence-electron chi connectivity index (χ1n) is 6.68. The lowest BCUT2D eigenvalue weighted by molar-refractivity contribution is 0.0939. The van der Waals surface area contributed by atoms with Gasteiger partial charge in [0, 0.05) is 43.5 Å². The van der Waals surface area contributed by atoms with Gasteiger partial charge in [0.2, 0.25) is 0 Å². The van der Waals surface area contributed by atoms with Gasteiger partial charge in [0.25, 0.3) is 5.91 Å². The quantitative estimate of drug-likeness (QED) is 0.881. The lowest BCUT2D eigenvalue weighted by Gasteiger charge is -2.22. The summed E-state index contributed by atoms with van der Waals surface area (Å²) < 4.78 is 12.3. The number of halogens is 1. The minimum atomic E-state index is -0.728. The Balaban J connectivity index is 1.81. The van der Waals surface area contributed by atoms with Gasteiger partial charge in [-0.25, -0.2) is 0 Å². The molecule has 1 aliphatic rings. The van der Waals surface area contributed by atoms with Crippen LogP contribution in [0.25, 0.3) is 10.1 Å². The number of nitrogens with two attached hydrogens (primary N) is 1. The van der Waals surface area contributed by atoms with E-state index in [0.717, 1.165) is 22.9 Å². The van der Waals surface area contributed by atoms with Gasteiger partial charge in [-0.3, -0.25) is 9.00 Å². The Bertz CT molecular complexity index is 719. The maximum Gasteiger partial charge on any atom is 0.263 e. The van der Waals surface area contributed by atoms with Crippen LogP contribution in [-0.4, -0.2) is 27.7 Å². The number of carbonyl (C=O) groups is 1. The molecule has 0 aliphatic carbocycles. The largest absolute Gasteiger partial charge is 0.397 e. The molecular formula is C14H15ClN2O2S2. The van der Waals surface area contributed by atoms with Gasteiger partial charge in [0.1, 0.15) is 4.88 Å². The molecule has 7 heteroatoms. The maximum absolute atomic E-state index is 12.4. The number of anilines is 1. The molecule has 0 unspecified atom stereocenters. The number of hydrogen-bond acceptors (Lipinski definition) is 4. The lowest BCUT2D eigenvalue weighted by Crippen LogP contribution is -2.39. The third kappa shape index (κ3) is 3.07. The van der Waals surface area contributed by atoms with Gasteiger partial charge < -0.3 is 11.1 Å². The first-order valence-corrected chi connectivity index (χ1v) is 9.36. The lowest BCUT2D eigenvalue weighted by atomic mass is 10.1. The second-order valence-electron chi connectivity index (χ2n) is 5.08. The van der Waals surface area contributed by atoms with Crippen molar-refractivity contribution in [2.75, 3.05) is 17.2 Å². The summed E-state index contributed by atoms with van der Waals surface area (Å²) >= 11 is 7.34. The van der Waals surface area contributed by atoms with Gasteiger partial charge in [0.15, 0.2) is 0 Å². The molecule has 3 rings (SSSR count). The number of carbonyl (C=O) groups excluding carboxylic acids is 1. The highest BCUT2D eigenvalue weighted by Gasteiger charge is 2.23. The van der Waals surface area contributed by atoms with E-state index in [1.165, 1.54) is 11.3 Å². The summed E-state index contributed by atoms with van der Waals surface area (Å²) in [7, 11) is -0.728. The van der Waals surface area contributed by atoms with Crippen LogP contribution in [0.4, 0.5) is 5.69 Å². The summed E-state index contributed by atoms with van der Waals surface area (Å²) in [6, 6.07) is 5.53. The van der Waals surface area contributed by atoms with Crippen molar-refractivity contribution in [3.8, 4) is 0 Å². The van der Waals surface area contributed by atoms with Crippen molar-refractivity contribution in [2.24, 2.45) is 0 Å². The average Bonchev–Trinajstić information content (AvgIpc) is 2.79. The molecule has 0 atom stereocenters. The highest BCUT2D eigenvalue weighted by Crippen LogP contribution is 2.35. The summed E-state index contributed by atoms with van der Waals surface area (Å²) in [5, 5.41) is 4.42. The van der Waals surface area contributed by atoms with Crippen molar-refractivity contribution >= 4 is 55.4 Å². The molecule has 3 N–H and O–H groups in total. The molecule has 21 heavy (non-hydrogen) atoms. The Morgan fingerprint density at radius 1 is 1.38 bits per heavy atom. The van der Waals surface area contributed by atoms with E-state index in [0.29, 0.717) is 27.1 Å². The van der Waals surface area contributed by atoms with Gasteiger partial charge in [-0.05, 0) is 31.0 Å². The topological polar surface area (TPSA) is 72.2 Å². The van der Waals surface area contributed by atoms with E-state index in [2.05, 4.69) is 5.32 Å². The zero-order valence-corrected chi connectivity index (χ0v) is 13.6. The molecule has 0 bridgehead atoms. The van der Waals surface area contributed by atoms with Crippen LogP contribution in [0.1, 0.15) is 22.5 Å². The molecule has 1 aliphatic heterocycles. The second-order valence-corrected chi connectivity index (χ2v) is 8.27. The number of nitrogen functional groups attached to an aromatic ring is 1. The Hall–Kier alpha value is -1.11. The third-order valence-electron chi connectivity index (χ3n) is 3.62. The van der Waals surface area contributed by atoms with Crippen molar-refractivity contribution < 1.29 is 9.00 Å². The van der Waals surface area contributed by atoms with E-state index >= 15 is 0 Å². The van der Waals surface area contributed by atoms with Gasteiger partial charge in [0.05, 0.1) is 5.69 Å². The first kappa shape index (κ1) is 14.8. The summed E-state index contributed by atoms with van der Waals surface area (Å²) in [5.41, 5.74) is 6.56. The van der Waals surface area contributed by atoms with Crippen LogP contribution in [0.2, 0.25) is 5.02 Å². The van der Waals surface area contributed by atoms with Crippen molar-refractivity contribution in [1.82, 2.24) is 5.32 Å². The van der Waals surface area contributed by atoms with Crippen molar-refractivity contribution in [3.05, 3.63) is 28.1 Å². The Labute approximate surface area is 134 Å². The molecule has 4 nitrogen and oxygen atoms in total. The Kier molecular flexibility index (Phi) is 4.19. The van der Waals surface area contributed by atoms with Crippen LogP contribution in [0.5, 0.6) is 0 Å². The molecule has 112 valence electrons. The summed E-state index contributed by atoms with van der Waals surface area (Å²) in [6.07, 6.45) is 1.52. The highest BCUT2D eigenvalue weighted by atomic mass is 35.5. The zero-order valence-electron chi connectivity index (χ0n) is 11.2. The number of thiophene rings is 1. The molecule has 0 radical (unpaired) electrons. The summed E-state index contributed by atoms with van der Waals surface area (Å²) in [6.45, 7) is 0. The number of amides is 1. The predicted octanol–water partition coefficient (Wildman–Crippen LogP) is 2.78. The maximum atomic E-state index is 12.4. The van der Waals surface area contributed by atoms with E-state index in [-0.39, 0.29) is 11.9 Å². The molecule has 1 aromatic heterocycles. The number of rotatable bonds is 2. The molecule has 0 spiro atoms. The van der Waals surface area contributed by atoms with Gasteiger partial charge >= 0.3 is 0 Å². The van der Waals surface area contributed by atoms with Crippen molar-refractivity contribution in [1.29, 1.82) is 0 Å². The molecule has 1 aromatic carbocycles. The fraction of sp³-hybridized carbons (Fsp3) is 0.357. The Morgan fingerprint density at radius 2 is 2.10 bits per heavy atom. The van der Waals surface area contributed by atoms with E-state index < -0.39 is 10.8 Å². The van der Waals surface area contributed by atoms with Crippen molar-refractivity contribution in [2.45, 2.75) is 18.9 Å². The van der Waals surface area contributed by atoms with Crippen LogP contribution < -0.4 is 11.1 Å². The number of fused-ring (bicyclic) bond motifs is 1. The molecule has 1 amide bonds. The fourth-order valence-electron chi connectivity index (χ4n) is 2.45. The minimum Gasteiger partial charge on any atom is -0.397 e. The van der Waals surface area contributed by atoms with E-state index in [4.69, 9.17) is 17.3 Å². The third-order valence-corrected chi connectivity index (χ3v) is 6.42. The number of hydrogen-bond donors (Lipinski definition) is 2. The van der Waals surface area contributed by atoms with E-state index in [9.17, 15) is 9.00 Å². The SMILES string of the molecule is Nc1c(C(=O)NC2CCS(=O)CC2)sc2ccc(Cl)cc12. The second kappa shape index (κ2) is 5.94. The smallest absolute Gasteiger partial charge is 0.263 e. The number of benzene rings is 1. The minimum absolute atomic E-state index is 0.0865. The standard InChI is InChI=1S/C14H15ClN2O2S2/c15-8-1-2-11-10(7-8)12(16)13(20-11)14(18)17-9-3-5-21(19)6-4-9/h1-2,7,9H,3-6,16H2,(H,17,18). The molecule has 2 aromatic rings. The highest BCUT2D eigenvalue weighted by molar-refractivity contribution is 7.85. The number of nitrogens with one attached hydrogen (secondary N) is 1.